The molecule has 1 N–H and O–H groups in total. The van der Waals surface area contributed by atoms with Crippen LogP contribution in [0.2, 0.25) is 5.02 Å². The maximum Gasteiger partial charge on any atom is 0.338 e. The van der Waals surface area contributed by atoms with Crippen LogP contribution in [0.4, 0.5) is 0 Å². The van der Waals surface area contributed by atoms with Crippen molar-refractivity contribution < 1.29 is 19.1 Å². The second-order valence-corrected chi connectivity index (χ2v) is 4.76. The number of benzene rings is 2. The molecule has 0 bridgehead atoms. The van der Waals surface area contributed by atoms with Crippen molar-refractivity contribution >= 4 is 28.7 Å². The average Bonchev–Trinajstić information content (AvgIpc) is 2.90. The number of oxazole rings is 1. The molecule has 0 aliphatic carbocycles. The van der Waals surface area contributed by atoms with Crippen molar-refractivity contribution in [2.45, 2.75) is 0 Å². The van der Waals surface area contributed by atoms with Crippen LogP contribution in [-0.4, -0.2) is 23.2 Å². The Morgan fingerprint density at radius 3 is 2.86 bits per heavy atom. The molecular formula is C15H10ClNO4. The predicted molar refractivity (Wildman–Crippen MR) is 78.0 cm³/mol. The van der Waals surface area contributed by atoms with Crippen molar-refractivity contribution in [1.82, 2.24) is 4.98 Å². The summed E-state index contributed by atoms with van der Waals surface area (Å²) in [6, 6.07) is 9.80. The molecule has 3 aromatic rings. The molecule has 6 heteroatoms. The molecule has 0 aliphatic heterocycles. The van der Waals surface area contributed by atoms with Crippen LogP contribution in [0.3, 0.4) is 0 Å². The molecule has 1 heterocycles. The van der Waals surface area contributed by atoms with E-state index in [2.05, 4.69) is 4.98 Å². The number of rotatable bonds is 3. The van der Waals surface area contributed by atoms with Gasteiger partial charge in [0.2, 0.25) is 5.89 Å². The largest absolute Gasteiger partial charge is 0.496 e. The molecule has 2 aromatic carbocycles. The van der Waals surface area contributed by atoms with Crippen LogP contribution in [0, 0.1) is 0 Å². The summed E-state index contributed by atoms with van der Waals surface area (Å²) in [4.78, 5) is 15.5. The number of carbonyl (C=O) groups is 1. The molecule has 1 aromatic heterocycles. The average molecular weight is 304 g/mol. The van der Waals surface area contributed by atoms with Crippen molar-refractivity contribution in [3.05, 3.63) is 47.0 Å². The summed E-state index contributed by atoms with van der Waals surface area (Å²) in [5.41, 5.74) is 1.41. The first-order valence-electron chi connectivity index (χ1n) is 6.07. The van der Waals surface area contributed by atoms with Gasteiger partial charge < -0.3 is 14.3 Å². The first-order valence-corrected chi connectivity index (χ1v) is 6.44. The monoisotopic (exact) mass is 303 g/mol. The lowest BCUT2D eigenvalue weighted by atomic mass is 10.2. The van der Waals surface area contributed by atoms with Crippen molar-refractivity contribution in [2.24, 2.45) is 0 Å². The Morgan fingerprint density at radius 2 is 2.14 bits per heavy atom. The highest BCUT2D eigenvalue weighted by molar-refractivity contribution is 6.30. The van der Waals surface area contributed by atoms with Crippen LogP contribution < -0.4 is 4.74 Å². The Hall–Kier alpha value is -2.53. The van der Waals surface area contributed by atoms with Gasteiger partial charge >= 0.3 is 5.97 Å². The fraction of sp³-hybridized carbons (Fsp3) is 0.0667. The maximum atomic E-state index is 11.2. The molecule has 0 atom stereocenters. The molecule has 0 spiro atoms. The third kappa shape index (κ3) is 2.32. The molecule has 3 rings (SSSR count). The van der Waals surface area contributed by atoms with Gasteiger partial charge in [-0.25, -0.2) is 9.78 Å². The molecule has 0 saturated heterocycles. The van der Waals surface area contributed by atoms with Gasteiger partial charge in [0.05, 0.1) is 18.2 Å². The van der Waals surface area contributed by atoms with Crippen molar-refractivity contribution in [3.8, 4) is 17.2 Å². The third-order valence-corrected chi connectivity index (χ3v) is 3.28. The highest BCUT2D eigenvalue weighted by Gasteiger charge is 2.17. The van der Waals surface area contributed by atoms with Gasteiger partial charge in [0.25, 0.3) is 0 Å². The van der Waals surface area contributed by atoms with Gasteiger partial charge in [0, 0.05) is 5.02 Å². The number of aromatic nitrogens is 1. The van der Waals surface area contributed by atoms with E-state index in [4.69, 9.17) is 20.8 Å². The van der Waals surface area contributed by atoms with Gasteiger partial charge in [-0.05, 0) is 30.3 Å². The number of hydrogen-bond acceptors (Lipinski definition) is 4. The summed E-state index contributed by atoms with van der Waals surface area (Å²) in [5, 5.41) is 9.70. The number of carboxylic acid groups (broad SMARTS) is 1. The molecule has 0 aliphatic rings. The summed E-state index contributed by atoms with van der Waals surface area (Å²) >= 11 is 5.92. The minimum absolute atomic E-state index is 0.0930. The number of para-hydroxylation sites is 1. The number of methoxy groups -OCH3 is 1. The predicted octanol–water partition coefficient (Wildman–Crippen LogP) is 3.86. The molecule has 0 unspecified atom stereocenters. The van der Waals surface area contributed by atoms with E-state index in [9.17, 15) is 9.90 Å². The highest BCUT2D eigenvalue weighted by atomic mass is 35.5. The van der Waals surface area contributed by atoms with Gasteiger partial charge in [-0.3, -0.25) is 0 Å². The van der Waals surface area contributed by atoms with E-state index in [1.54, 1.807) is 30.3 Å². The van der Waals surface area contributed by atoms with Gasteiger partial charge in [0.1, 0.15) is 11.3 Å². The lowest BCUT2D eigenvalue weighted by Gasteiger charge is -2.05. The zero-order valence-electron chi connectivity index (χ0n) is 11.0. The maximum absolute atomic E-state index is 11.2. The van der Waals surface area contributed by atoms with Gasteiger partial charge in [-0.2, -0.15) is 0 Å². The number of fused-ring (bicyclic) bond motifs is 1. The molecule has 0 amide bonds. The van der Waals surface area contributed by atoms with E-state index in [1.807, 2.05) is 0 Å². The molecule has 106 valence electrons. The SMILES string of the molecule is COc1cc(Cl)ccc1-c1nc2c(C(=O)O)cccc2o1. The van der Waals surface area contributed by atoms with Crippen molar-refractivity contribution in [2.75, 3.05) is 7.11 Å². The van der Waals surface area contributed by atoms with Gasteiger partial charge in [0.15, 0.2) is 5.58 Å². The minimum atomic E-state index is -1.05. The summed E-state index contributed by atoms with van der Waals surface area (Å²) in [6.07, 6.45) is 0. The van der Waals surface area contributed by atoms with Crippen molar-refractivity contribution in [1.29, 1.82) is 0 Å². The van der Waals surface area contributed by atoms with Crippen LogP contribution in [0.15, 0.2) is 40.8 Å². The van der Waals surface area contributed by atoms with Crippen LogP contribution >= 0.6 is 11.6 Å². The Morgan fingerprint density at radius 1 is 1.33 bits per heavy atom. The van der Waals surface area contributed by atoms with E-state index in [0.29, 0.717) is 27.4 Å². The summed E-state index contributed by atoms with van der Waals surface area (Å²) < 4.78 is 10.9. The molecule has 0 fully saturated rings. The number of aromatic carboxylic acids is 1. The lowest BCUT2D eigenvalue weighted by Crippen LogP contribution is -1.96. The zero-order chi connectivity index (χ0) is 15.0. The Balaban J connectivity index is 2.22. The van der Waals surface area contributed by atoms with E-state index in [1.165, 1.54) is 13.2 Å². The fourth-order valence-corrected chi connectivity index (χ4v) is 2.24. The van der Waals surface area contributed by atoms with E-state index < -0.39 is 5.97 Å². The zero-order valence-corrected chi connectivity index (χ0v) is 11.7. The van der Waals surface area contributed by atoms with Crippen LogP contribution in [0.1, 0.15) is 10.4 Å². The standard InChI is InChI=1S/C15H10ClNO4/c1-20-12-7-8(16)5-6-9(12)14-17-13-10(15(18)19)3-2-4-11(13)21-14/h2-7H,1H3,(H,18,19). The topological polar surface area (TPSA) is 72.6 Å². The van der Waals surface area contributed by atoms with E-state index in [0.717, 1.165) is 0 Å². The highest BCUT2D eigenvalue weighted by Crippen LogP contribution is 2.34. The number of nitrogens with zero attached hydrogens (tertiary/aromatic N) is 1. The summed E-state index contributed by atoms with van der Waals surface area (Å²) in [7, 11) is 1.51. The quantitative estimate of drug-likeness (QED) is 0.795. The summed E-state index contributed by atoms with van der Waals surface area (Å²) in [6.45, 7) is 0. The normalized spacial score (nSPS) is 10.8. The first kappa shape index (κ1) is 13.5. The molecule has 0 saturated carbocycles. The second-order valence-electron chi connectivity index (χ2n) is 4.32. The third-order valence-electron chi connectivity index (χ3n) is 3.04. The minimum Gasteiger partial charge on any atom is -0.496 e. The number of carboxylic acids is 1. The molecule has 21 heavy (non-hydrogen) atoms. The number of halogens is 1. The van der Waals surface area contributed by atoms with Crippen LogP contribution in [-0.2, 0) is 0 Å². The number of hydrogen-bond donors (Lipinski definition) is 1. The molecule has 5 nitrogen and oxygen atoms in total. The Bertz CT molecular complexity index is 841. The van der Waals surface area contributed by atoms with Gasteiger partial charge in [-0.15, -0.1) is 0 Å². The lowest BCUT2D eigenvalue weighted by molar-refractivity contribution is 0.0699. The van der Waals surface area contributed by atoms with Crippen LogP contribution in [0.25, 0.3) is 22.6 Å². The first-order chi connectivity index (χ1) is 10.1. The second kappa shape index (κ2) is 5.10. The smallest absolute Gasteiger partial charge is 0.338 e. The fourth-order valence-electron chi connectivity index (χ4n) is 2.08. The summed E-state index contributed by atoms with van der Waals surface area (Å²) in [5.74, 6) is -0.262. The van der Waals surface area contributed by atoms with Crippen molar-refractivity contribution in [3.63, 3.8) is 0 Å². The molecular weight excluding hydrogens is 294 g/mol. The van der Waals surface area contributed by atoms with E-state index in [-0.39, 0.29) is 11.5 Å². The van der Waals surface area contributed by atoms with Crippen LogP contribution in [0.5, 0.6) is 5.75 Å². The Kier molecular flexibility index (Phi) is 3.27. The molecule has 0 radical (unpaired) electrons. The van der Waals surface area contributed by atoms with Gasteiger partial charge in [-0.1, -0.05) is 17.7 Å². The number of ether oxygens (including phenoxy) is 1. The Labute approximate surface area is 124 Å². The van der Waals surface area contributed by atoms with E-state index >= 15 is 0 Å².